The van der Waals surface area contributed by atoms with Crippen LogP contribution in [0.2, 0.25) is 0 Å². The van der Waals surface area contributed by atoms with Crippen LogP contribution in [0.1, 0.15) is 35.7 Å². The van der Waals surface area contributed by atoms with Gasteiger partial charge >= 0.3 is 0 Å². The van der Waals surface area contributed by atoms with Crippen LogP contribution in [0.25, 0.3) is 0 Å². The summed E-state index contributed by atoms with van der Waals surface area (Å²) in [6, 6.07) is 20.5. The molecule has 0 saturated carbocycles. The average Bonchev–Trinajstić information content (AvgIpc) is 3.33. The van der Waals surface area contributed by atoms with Crippen molar-refractivity contribution >= 4 is 27.5 Å². The molecule has 7 heteroatoms. The van der Waals surface area contributed by atoms with Gasteiger partial charge in [-0.15, -0.1) is 0 Å². The molecule has 1 aromatic heterocycles. The molecular weight excluding hydrogens is 494 g/mol. The smallest absolute Gasteiger partial charge is 0.289 e. The molecule has 180 valence electrons. The van der Waals surface area contributed by atoms with Crippen LogP contribution < -0.4 is 9.64 Å². The zero-order chi connectivity index (χ0) is 24.1. The van der Waals surface area contributed by atoms with Crippen molar-refractivity contribution in [3.63, 3.8) is 0 Å². The Bertz CT molecular complexity index is 1090. The van der Waals surface area contributed by atoms with E-state index in [9.17, 15) is 4.79 Å². The highest BCUT2D eigenvalue weighted by atomic mass is 79.9. The maximum atomic E-state index is 13.1. The molecule has 0 atom stereocenters. The van der Waals surface area contributed by atoms with E-state index in [0.29, 0.717) is 31.4 Å². The number of ether oxygens (including phenoxy) is 1. The molecule has 1 fully saturated rings. The number of amides is 1. The first-order chi connectivity index (χ1) is 16.4. The fourth-order valence-electron chi connectivity index (χ4n) is 4.22. The van der Waals surface area contributed by atoms with Gasteiger partial charge in [0.25, 0.3) is 5.91 Å². The van der Waals surface area contributed by atoms with Gasteiger partial charge in [0.05, 0.1) is 19.3 Å². The Morgan fingerprint density at radius 2 is 1.71 bits per heavy atom. The van der Waals surface area contributed by atoms with Gasteiger partial charge in [0, 0.05) is 43.2 Å². The molecule has 6 nitrogen and oxygen atoms in total. The number of carbonyl (C=O) groups excluding carboxylic acids is 1. The number of carbonyl (C=O) groups is 1. The first-order valence-electron chi connectivity index (χ1n) is 11.7. The van der Waals surface area contributed by atoms with Crippen molar-refractivity contribution in [2.24, 2.45) is 0 Å². The fraction of sp³-hybridized carbons (Fsp3) is 0.370. The molecule has 2 heterocycles. The third-order valence-electron chi connectivity index (χ3n) is 6.25. The van der Waals surface area contributed by atoms with Gasteiger partial charge in [-0.1, -0.05) is 40.2 Å². The lowest BCUT2D eigenvalue weighted by atomic mass is 10.2. The van der Waals surface area contributed by atoms with Crippen molar-refractivity contribution in [3.8, 4) is 5.75 Å². The number of furan rings is 1. The van der Waals surface area contributed by atoms with E-state index in [1.807, 2.05) is 35.2 Å². The molecule has 0 N–H and O–H groups in total. The van der Waals surface area contributed by atoms with Gasteiger partial charge in [-0.25, -0.2) is 0 Å². The molecule has 0 unspecified atom stereocenters. The van der Waals surface area contributed by atoms with Crippen molar-refractivity contribution in [2.75, 3.05) is 38.2 Å². The molecule has 0 radical (unpaired) electrons. The summed E-state index contributed by atoms with van der Waals surface area (Å²) in [7, 11) is 1.69. The van der Waals surface area contributed by atoms with Crippen LogP contribution in [-0.4, -0.2) is 55.0 Å². The molecule has 1 saturated heterocycles. The zero-order valence-corrected chi connectivity index (χ0v) is 21.6. The van der Waals surface area contributed by atoms with Crippen molar-refractivity contribution in [3.05, 3.63) is 82.2 Å². The number of nitrogens with zero attached hydrogens (tertiary/aromatic N) is 3. The minimum atomic E-state index is -0.0464. The number of benzene rings is 2. The third kappa shape index (κ3) is 5.83. The summed E-state index contributed by atoms with van der Waals surface area (Å²) in [6.07, 6.45) is 0. The lowest BCUT2D eigenvalue weighted by molar-refractivity contribution is 0.0709. The first-order valence-corrected chi connectivity index (χ1v) is 12.5. The van der Waals surface area contributed by atoms with Crippen LogP contribution in [0.3, 0.4) is 0 Å². The van der Waals surface area contributed by atoms with E-state index in [2.05, 4.69) is 69.9 Å². The fourth-order valence-corrected chi connectivity index (χ4v) is 4.49. The normalized spacial score (nSPS) is 14.2. The standard InChI is InChI=1S/C27H32BrN3O3/c1-20(2)31(18-21-8-10-22(28)11-9-21)19-23-12-13-26(34-23)27(32)30-16-14-29(15-17-30)24-6-4-5-7-25(24)33-3/h4-13,20H,14-19H2,1-3H3. The quantitative estimate of drug-likeness (QED) is 0.392. The number of piperazine rings is 1. The van der Waals surface area contributed by atoms with Gasteiger partial charge in [0.15, 0.2) is 5.76 Å². The molecule has 0 aliphatic carbocycles. The Hall–Kier alpha value is -2.77. The highest BCUT2D eigenvalue weighted by molar-refractivity contribution is 9.10. The lowest BCUT2D eigenvalue weighted by Crippen LogP contribution is -2.48. The van der Waals surface area contributed by atoms with E-state index in [-0.39, 0.29) is 5.91 Å². The SMILES string of the molecule is COc1ccccc1N1CCN(C(=O)c2ccc(CN(Cc3ccc(Br)cc3)C(C)C)o2)CC1. The van der Waals surface area contributed by atoms with Gasteiger partial charge < -0.3 is 19.0 Å². The summed E-state index contributed by atoms with van der Waals surface area (Å²) in [5.41, 5.74) is 2.31. The van der Waals surface area contributed by atoms with Crippen LogP contribution in [0, 0.1) is 0 Å². The van der Waals surface area contributed by atoms with E-state index in [4.69, 9.17) is 9.15 Å². The maximum Gasteiger partial charge on any atom is 0.289 e. The Morgan fingerprint density at radius 3 is 2.38 bits per heavy atom. The predicted octanol–water partition coefficient (Wildman–Crippen LogP) is 5.42. The van der Waals surface area contributed by atoms with Crippen LogP contribution >= 0.6 is 15.9 Å². The molecule has 0 bridgehead atoms. The predicted molar refractivity (Wildman–Crippen MR) is 138 cm³/mol. The Labute approximate surface area is 210 Å². The van der Waals surface area contributed by atoms with Crippen molar-refractivity contribution in [1.29, 1.82) is 0 Å². The molecule has 3 aromatic rings. The summed E-state index contributed by atoms with van der Waals surface area (Å²) < 4.78 is 12.6. The van der Waals surface area contributed by atoms with Crippen molar-refractivity contribution in [2.45, 2.75) is 33.0 Å². The molecule has 1 aliphatic rings. The first kappa shape index (κ1) is 24.4. The number of hydrogen-bond acceptors (Lipinski definition) is 5. The molecule has 1 aliphatic heterocycles. The number of rotatable bonds is 8. The van der Waals surface area contributed by atoms with E-state index in [1.54, 1.807) is 7.11 Å². The van der Waals surface area contributed by atoms with Crippen LogP contribution in [-0.2, 0) is 13.1 Å². The summed E-state index contributed by atoms with van der Waals surface area (Å²) in [4.78, 5) is 19.6. The minimum absolute atomic E-state index is 0.0464. The average molecular weight is 526 g/mol. The van der Waals surface area contributed by atoms with Gasteiger partial charge in [-0.2, -0.15) is 0 Å². The third-order valence-corrected chi connectivity index (χ3v) is 6.78. The number of para-hydroxylation sites is 2. The second-order valence-corrected chi connectivity index (χ2v) is 9.76. The molecule has 1 amide bonds. The number of anilines is 1. The maximum absolute atomic E-state index is 13.1. The van der Waals surface area contributed by atoms with Gasteiger partial charge in [0.1, 0.15) is 11.5 Å². The number of hydrogen-bond donors (Lipinski definition) is 0. The monoisotopic (exact) mass is 525 g/mol. The molecule has 4 rings (SSSR count). The minimum Gasteiger partial charge on any atom is -0.495 e. The Balaban J connectivity index is 1.36. The highest BCUT2D eigenvalue weighted by Gasteiger charge is 2.26. The molecule has 34 heavy (non-hydrogen) atoms. The van der Waals surface area contributed by atoms with E-state index in [1.165, 1.54) is 5.56 Å². The lowest BCUT2D eigenvalue weighted by Gasteiger charge is -2.36. The van der Waals surface area contributed by atoms with Crippen LogP contribution in [0.4, 0.5) is 5.69 Å². The molecule has 2 aromatic carbocycles. The van der Waals surface area contributed by atoms with E-state index >= 15 is 0 Å². The number of methoxy groups -OCH3 is 1. The molecular formula is C27H32BrN3O3. The number of halogens is 1. The topological polar surface area (TPSA) is 49.2 Å². The summed E-state index contributed by atoms with van der Waals surface area (Å²) in [5.74, 6) is 2.03. The van der Waals surface area contributed by atoms with Gasteiger partial charge in [0.2, 0.25) is 0 Å². The summed E-state index contributed by atoms with van der Waals surface area (Å²) >= 11 is 3.49. The van der Waals surface area contributed by atoms with Gasteiger partial charge in [-0.3, -0.25) is 9.69 Å². The second-order valence-electron chi connectivity index (χ2n) is 8.84. The van der Waals surface area contributed by atoms with E-state index < -0.39 is 0 Å². The van der Waals surface area contributed by atoms with Crippen molar-refractivity contribution in [1.82, 2.24) is 9.80 Å². The highest BCUT2D eigenvalue weighted by Crippen LogP contribution is 2.28. The molecule has 0 spiro atoms. The Morgan fingerprint density at radius 1 is 1.00 bits per heavy atom. The van der Waals surface area contributed by atoms with Crippen LogP contribution in [0.15, 0.2) is 69.6 Å². The van der Waals surface area contributed by atoms with Crippen molar-refractivity contribution < 1.29 is 13.9 Å². The zero-order valence-electron chi connectivity index (χ0n) is 20.0. The largest absolute Gasteiger partial charge is 0.495 e. The summed E-state index contributed by atoms with van der Waals surface area (Å²) in [5, 5.41) is 0. The Kier molecular flexibility index (Phi) is 7.95. The van der Waals surface area contributed by atoms with Gasteiger partial charge in [-0.05, 0) is 55.8 Å². The van der Waals surface area contributed by atoms with E-state index in [0.717, 1.165) is 41.3 Å². The summed E-state index contributed by atoms with van der Waals surface area (Å²) in [6.45, 7) is 8.64. The van der Waals surface area contributed by atoms with Crippen LogP contribution in [0.5, 0.6) is 5.75 Å². The second kappa shape index (κ2) is 11.1.